The van der Waals surface area contributed by atoms with E-state index in [0.29, 0.717) is 5.76 Å². The second kappa shape index (κ2) is 4.13. The summed E-state index contributed by atoms with van der Waals surface area (Å²) in [5, 5.41) is 0. The Morgan fingerprint density at radius 1 is 1.07 bits per heavy atom. The Balaban J connectivity index is 2.29. The third-order valence-electron chi connectivity index (χ3n) is 2.20. The minimum Gasteiger partial charge on any atom is -0.428 e. The summed E-state index contributed by atoms with van der Waals surface area (Å²) in [5.41, 5.74) is 1.92. The van der Waals surface area contributed by atoms with Crippen LogP contribution in [0, 0.1) is 6.92 Å². The van der Waals surface area contributed by atoms with Gasteiger partial charge in [-0.3, -0.25) is 0 Å². The van der Waals surface area contributed by atoms with E-state index in [1.165, 1.54) is 5.56 Å². The summed E-state index contributed by atoms with van der Waals surface area (Å²) in [6.07, 6.45) is 0.771. The number of hydrogen-bond acceptors (Lipinski definition) is 2. The third-order valence-corrected chi connectivity index (χ3v) is 2.20. The van der Waals surface area contributed by atoms with E-state index in [-0.39, 0.29) is 5.63 Å². The van der Waals surface area contributed by atoms with Crippen molar-refractivity contribution in [3.8, 4) is 0 Å². The Morgan fingerprint density at radius 2 is 1.80 bits per heavy atom. The van der Waals surface area contributed by atoms with E-state index < -0.39 is 0 Å². The summed E-state index contributed by atoms with van der Waals surface area (Å²) in [4.78, 5) is 11.1. The largest absolute Gasteiger partial charge is 0.428 e. The first-order chi connectivity index (χ1) is 7.24. The van der Waals surface area contributed by atoms with Crippen molar-refractivity contribution >= 4 is 0 Å². The van der Waals surface area contributed by atoms with Crippen molar-refractivity contribution < 1.29 is 4.42 Å². The van der Waals surface area contributed by atoms with Crippen molar-refractivity contribution in [3.05, 3.63) is 69.8 Å². The molecule has 1 aromatic carbocycles. The van der Waals surface area contributed by atoms with Crippen LogP contribution in [0.25, 0.3) is 0 Å². The van der Waals surface area contributed by atoms with Crippen molar-refractivity contribution in [3.63, 3.8) is 0 Å². The van der Waals surface area contributed by atoms with Crippen molar-refractivity contribution in [2.75, 3.05) is 0 Å². The van der Waals surface area contributed by atoms with E-state index in [0.717, 1.165) is 12.0 Å². The van der Waals surface area contributed by atoms with Crippen molar-refractivity contribution in [2.45, 2.75) is 13.3 Å². The summed E-state index contributed by atoms with van der Waals surface area (Å²) in [6, 6.07) is 13.5. The maximum absolute atomic E-state index is 11.1. The van der Waals surface area contributed by atoms with Gasteiger partial charge in [0, 0.05) is 6.07 Å². The molecule has 0 bridgehead atoms. The minimum absolute atomic E-state index is 0.277. The molecule has 76 valence electrons. The summed E-state index contributed by atoms with van der Waals surface area (Å²) in [5.74, 6) is 0.661. The first-order valence-corrected chi connectivity index (χ1v) is 4.88. The summed E-state index contributed by atoms with van der Waals surface area (Å²) in [7, 11) is 0. The van der Waals surface area contributed by atoms with E-state index in [1.807, 2.05) is 36.4 Å². The Hall–Kier alpha value is -1.83. The lowest BCUT2D eigenvalue weighted by Crippen LogP contribution is -2.01. The van der Waals surface area contributed by atoms with E-state index >= 15 is 0 Å². The van der Waals surface area contributed by atoms with Crippen LogP contribution in [-0.2, 0) is 6.42 Å². The van der Waals surface area contributed by atoms with Crippen LogP contribution in [0.4, 0.5) is 0 Å². The second-order valence-corrected chi connectivity index (χ2v) is 3.56. The highest BCUT2D eigenvalue weighted by Gasteiger charge is 1.99. The smallest absolute Gasteiger partial charge is 0.336 e. The monoisotopic (exact) mass is 200 g/mol. The first kappa shape index (κ1) is 9.71. The molecule has 1 aromatic heterocycles. The predicted molar refractivity (Wildman–Crippen MR) is 59.0 cm³/mol. The van der Waals surface area contributed by atoms with Gasteiger partial charge in [-0.1, -0.05) is 30.3 Å². The fourth-order valence-corrected chi connectivity index (χ4v) is 1.61. The minimum atomic E-state index is -0.277. The zero-order valence-electron chi connectivity index (χ0n) is 8.57. The standard InChI is InChI=1S/C13H12O2/c1-10-7-12(9-13(14)15-10)8-11-5-3-2-4-6-11/h2-7,9H,8H2,1H3. The molecule has 0 aliphatic heterocycles. The Bertz CT molecular complexity index is 497. The molecule has 0 saturated carbocycles. The average molecular weight is 200 g/mol. The van der Waals surface area contributed by atoms with Gasteiger partial charge in [-0.05, 0) is 30.5 Å². The van der Waals surface area contributed by atoms with E-state index in [2.05, 4.69) is 0 Å². The maximum Gasteiger partial charge on any atom is 0.336 e. The number of benzene rings is 1. The van der Waals surface area contributed by atoms with Gasteiger partial charge in [-0.25, -0.2) is 4.79 Å². The SMILES string of the molecule is Cc1cc(Cc2ccccc2)cc(=O)o1. The first-order valence-electron chi connectivity index (χ1n) is 4.88. The lowest BCUT2D eigenvalue weighted by Gasteiger charge is -2.01. The van der Waals surface area contributed by atoms with Crippen LogP contribution < -0.4 is 5.63 Å². The molecule has 0 atom stereocenters. The fourth-order valence-electron chi connectivity index (χ4n) is 1.61. The topological polar surface area (TPSA) is 30.2 Å². The molecule has 0 aliphatic rings. The molecule has 2 aromatic rings. The molecule has 2 rings (SSSR count). The molecule has 2 nitrogen and oxygen atoms in total. The Morgan fingerprint density at radius 3 is 2.47 bits per heavy atom. The highest BCUT2D eigenvalue weighted by molar-refractivity contribution is 5.24. The molecule has 0 unspecified atom stereocenters. The van der Waals surface area contributed by atoms with Crippen LogP contribution in [0.2, 0.25) is 0 Å². The molecular formula is C13H12O2. The molecule has 2 heteroatoms. The van der Waals surface area contributed by atoms with Crippen molar-refractivity contribution in [2.24, 2.45) is 0 Å². The van der Waals surface area contributed by atoms with Crippen LogP contribution in [-0.4, -0.2) is 0 Å². The average Bonchev–Trinajstić information content (AvgIpc) is 2.17. The molecule has 0 fully saturated rings. The number of aryl methyl sites for hydroxylation is 1. The van der Waals surface area contributed by atoms with Crippen molar-refractivity contribution in [1.82, 2.24) is 0 Å². The highest BCUT2D eigenvalue weighted by atomic mass is 16.4. The van der Waals surface area contributed by atoms with Gasteiger partial charge >= 0.3 is 5.63 Å². The van der Waals surface area contributed by atoms with Crippen LogP contribution >= 0.6 is 0 Å². The van der Waals surface area contributed by atoms with Gasteiger partial charge in [0.1, 0.15) is 5.76 Å². The molecule has 0 saturated heterocycles. The van der Waals surface area contributed by atoms with Gasteiger partial charge in [0.25, 0.3) is 0 Å². The van der Waals surface area contributed by atoms with Gasteiger partial charge < -0.3 is 4.42 Å². The van der Waals surface area contributed by atoms with Gasteiger partial charge in [-0.15, -0.1) is 0 Å². The lowest BCUT2D eigenvalue weighted by molar-refractivity contribution is 0.478. The zero-order valence-corrected chi connectivity index (χ0v) is 8.57. The van der Waals surface area contributed by atoms with Crippen LogP contribution in [0.3, 0.4) is 0 Å². The second-order valence-electron chi connectivity index (χ2n) is 3.56. The van der Waals surface area contributed by atoms with Gasteiger partial charge in [0.15, 0.2) is 0 Å². The van der Waals surface area contributed by atoms with E-state index in [9.17, 15) is 4.79 Å². The summed E-state index contributed by atoms with van der Waals surface area (Å²) < 4.78 is 4.90. The fraction of sp³-hybridized carbons (Fsp3) is 0.154. The quantitative estimate of drug-likeness (QED) is 0.745. The van der Waals surface area contributed by atoms with E-state index in [4.69, 9.17) is 4.42 Å². The highest BCUT2D eigenvalue weighted by Crippen LogP contribution is 2.08. The Labute approximate surface area is 88.2 Å². The van der Waals surface area contributed by atoms with Crippen molar-refractivity contribution in [1.29, 1.82) is 0 Å². The third kappa shape index (κ3) is 2.56. The molecule has 0 N–H and O–H groups in total. The van der Waals surface area contributed by atoms with Gasteiger partial charge in [0.2, 0.25) is 0 Å². The van der Waals surface area contributed by atoms with Gasteiger partial charge in [0.05, 0.1) is 0 Å². The Kier molecular flexibility index (Phi) is 2.68. The maximum atomic E-state index is 11.1. The number of hydrogen-bond donors (Lipinski definition) is 0. The summed E-state index contributed by atoms with van der Waals surface area (Å²) >= 11 is 0. The van der Waals surface area contributed by atoms with Crippen LogP contribution in [0.15, 0.2) is 51.7 Å². The predicted octanol–water partition coefficient (Wildman–Crippen LogP) is 2.54. The number of rotatable bonds is 2. The van der Waals surface area contributed by atoms with Crippen LogP contribution in [0.1, 0.15) is 16.9 Å². The normalized spacial score (nSPS) is 10.2. The molecule has 0 spiro atoms. The molecule has 0 aliphatic carbocycles. The summed E-state index contributed by atoms with van der Waals surface area (Å²) in [6.45, 7) is 1.79. The zero-order chi connectivity index (χ0) is 10.7. The molecule has 1 heterocycles. The van der Waals surface area contributed by atoms with E-state index in [1.54, 1.807) is 13.0 Å². The van der Waals surface area contributed by atoms with Gasteiger partial charge in [-0.2, -0.15) is 0 Å². The molecule has 15 heavy (non-hydrogen) atoms. The molecular weight excluding hydrogens is 188 g/mol. The van der Waals surface area contributed by atoms with Crippen LogP contribution in [0.5, 0.6) is 0 Å². The molecule has 0 amide bonds. The molecule has 0 radical (unpaired) electrons. The lowest BCUT2D eigenvalue weighted by atomic mass is 10.1.